The summed E-state index contributed by atoms with van der Waals surface area (Å²) in [6, 6.07) is 9.33. The Morgan fingerprint density at radius 1 is 1.29 bits per heavy atom. The number of aryl methyl sites for hydroxylation is 1. The first-order chi connectivity index (χ1) is 11.7. The number of thiophene rings is 1. The number of aromatic nitrogens is 2. The summed E-state index contributed by atoms with van der Waals surface area (Å²) in [5, 5.41) is 2.11. The van der Waals surface area contributed by atoms with E-state index in [4.69, 9.17) is 4.74 Å². The molecule has 3 heterocycles. The summed E-state index contributed by atoms with van der Waals surface area (Å²) in [6.45, 7) is 5.03. The Labute approximate surface area is 145 Å². The number of pyridine rings is 1. The van der Waals surface area contributed by atoms with Crippen LogP contribution in [0.2, 0.25) is 0 Å². The topological polar surface area (TPSA) is 46.8 Å². The highest BCUT2D eigenvalue weighted by Gasteiger charge is 2.12. The summed E-state index contributed by atoms with van der Waals surface area (Å²) in [7, 11) is 1.70. The molecule has 0 spiro atoms. The second kappa shape index (κ2) is 7.70. The molecular formula is C18H21N3O2S. The predicted molar refractivity (Wildman–Crippen MR) is 96.5 cm³/mol. The normalized spacial score (nSPS) is 11.5. The predicted octanol–water partition coefficient (Wildman–Crippen LogP) is 2.71. The zero-order chi connectivity index (χ0) is 16.9. The van der Waals surface area contributed by atoms with Crippen molar-refractivity contribution in [3.63, 3.8) is 0 Å². The van der Waals surface area contributed by atoms with Crippen LogP contribution >= 0.6 is 11.3 Å². The third kappa shape index (κ3) is 3.90. The van der Waals surface area contributed by atoms with Gasteiger partial charge in [0.1, 0.15) is 5.65 Å². The quantitative estimate of drug-likeness (QED) is 0.662. The van der Waals surface area contributed by atoms with E-state index in [1.54, 1.807) is 35.1 Å². The third-order valence-corrected chi connectivity index (χ3v) is 4.96. The Bertz CT molecular complexity index is 872. The molecule has 126 valence electrons. The Morgan fingerprint density at radius 3 is 2.92 bits per heavy atom. The summed E-state index contributed by atoms with van der Waals surface area (Å²) < 4.78 is 6.79. The van der Waals surface area contributed by atoms with E-state index in [-0.39, 0.29) is 5.56 Å². The van der Waals surface area contributed by atoms with Crippen LogP contribution in [0.15, 0.2) is 46.7 Å². The van der Waals surface area contributed by atoms with Crippen molar-refractivity contribution < 1.29 is 4.74 Å². The minimum atomic E-state index is -0.0467. The van der Waals surface area contributed by atoms with Gasteiger partial charge in [0, 0.05) is 43.9 Å². The minimum absolute atomic E-state index is 0.0467. The fraction of sp³-hybridized carbons (Fsp3) is 0.333. The SMILES string of the molecule is COCCN(Cc1cc(=O)n2ccccc2n1)Cc1sccc1C. The lowest BCUT2D eigenvalue weighted by molar-refractivity contribution is 0.140. The van der Waals surface area contributed by atoms with E-state index >= 15 is 0 Å². The molecule has 0 amide bonds. The lowest BCUT2D eigenvalue weighted by atomic mass is 10.2. The molecule has 0 unspecified atom stereocenters. The first-order valence-corrected chi connectivity index (χ1v) is 8.77. The van der Waals surface area contributed by atoms with E-state index in [2.05, 4.69) is 28.3 Å². The van der Waals surface area contributed by atoms with Gasteiger partial charge < -0.3 is 4.74 Å². The first-order valence-electron chi connectivity index (χ1n) is 7.89. The van der Waals surface area contributed by atoms with E-state index in [0.29, 0.717) is 18.8 Å². The number of hydrogen-bond donors (Lipinski definition) is 0. The van der Waals surface area contributed by atoms with Crippen molar-refractivity contribution in [1.29, 1.82) is 0 Å². The van der Waals surface area contributed by atoms with Crippen LogP contribution in [0.25, 0.3) is 5.65 Å². The molecule has 3 aromatic rings. The van der Waals surface area contributed by atoms with Crippen LogP contribution in [0.5, 0.6) is 0 Å². The highest BCUT2D eigenvalue weighted by Crippen LogP contribution is 2.18. The van der Waals surface area contributed by atoms with Crippen LogP contribution < -0.4 is 5.56 Å². The van der Waals surface area contributed by atoms with Gasteiger partial charge in [-0.1, -0.05) is 6.07 Å². The fourth-order valence-corrected chi connectivity index (χ4v) is 3.56. The van der Waals surface area contributed by atoms with Gasteiger partial charge in [0.2, 0.25) is 0 Å². The molecule has 0 aliphatic rings. The molecule has 0 aliphatic heterocycles. The maximum atomic E-state index is 12.2. The lowest BCUT2D eigenvalue weighted by Crippen LogP contribution is -2.28. The van der Waals surface area contributed by atoms with Crippen LogP contribution in [0.4, 0.5) is 0 Å². The van der Waals surface area contributed by atoms with Gasteiger partial charge in [0.05, 0.1) is 12.3 Å². The van der Waals surface area contributed by atoms with Gasteiger partial charge in [0.15, 0.2) is 0 Å². The largest absolute Gasteiger partial charge is 0.383 e. The van der Waals surface area contributed by atoms with Crippen molar-refractivity contribution in [2.24, 2.45) is 0 Å². The lowest BCUT2D eigenvalue weighted by Gasteiger charge is -2.21. The maximum Gasteiger partial charge on any atom is 0.258 e. The van der Waals surface area contributed by atoms with Crippen LogP contribution in [0.1, 0.15) is 16.1 Å². The van der Waals surface area contributed by atoms with E-state index in [0.717, 1.165) is 18.8 Å². The second-order valence-corrected chi connectivity index (χ2v) is 6.75. The van der Waals surface area contributed by atoms with E-state index in [1.807, 2.05) is 18.2 Å². The third-order valence-electron chi connectivity index (χ3n) is 3.96. The number of fused-ring (bicyclic) bond motifs is 1. The highest BCUT2D eigenvalue weighted by atomic mass is 32.1. The molecule has 0 saturated heterocycles. The second-order valence-electron chi connectivity index (χ2n) is 5.74. The van der Waals surface area contributed by atoms with E-state index in [9.17, 15) is 4.79 Å². The average Bonchev–Trinajstić information content (AvgIpc) is 2.97. The summed E-state index contributed by atoms with van der Waals surface area (Å²) in [5.74, 6) is 0. The number of methoxy groups -OCH3 is 1. The number of rotatable bonds is 7. The Balaban J connectivity index is 1.84. The Hall–Kier alpha value is -2.02. The summed E-state index contributed by atoms with van der Waals surface area (Å²) in [6.07, 6.45) is 1.74. The molecule has 0 fully saturated rings. The molecule has 6 heteroatoms. The summed E-state index contributed by atoms with van der Waals surface area (Å²) in [4.78, 5) is 20.5. The van der Waals surface area contributed by atoms with Gasteiger partial charge in [0.25, 0.3) is 5.56 Å². The van der Waals surface area contributed by atoms with Crippen molar-refractivity contribution in [3.8, 4) is 0 Å². The van der Waals surface area contributed by atoms with E-state index < -0.39 is 0 Å². The van der Waals surface area contributed by atoms with Crippen molar-refractivity contribution in [3.05, 3.63) is 68.4 Å². The number of hydrogen-bond acceptors (Lipinski definition) is 5. The van der Waals surface area contributed by atoms with Gasteiger partial charge >= 0.3 is 0 Å². The Morgan fingerprint density at radius 2 is 2.17 bits per heavy atom. The molecular weight excluding hydrogens is 322 g/mol. The zero-order valence-corrected chi connectivity index (χ0v) is 14.8. The van der Waals surface area contributed by atoms with Crippen molar-refractivity contribution in [2.75, 3.05) is 20.3 Å². The smallest absolute Gasteiger partial charge is 0.258 e. The van der Waals surface area contributed by atoms with Gasteiger partial charge in [-0.2, -0.15) is 0 Å². The monoisotopic (exact) mass is 343 g/mol. The van der Waals surface area contributed by atoms with Gasteiger partial charge in [-0.3, -0.25) is 14.1 Å². The van der Waals surface area contributed by atoms with Crippen molar-refractivity contribution in [1.82, 2.24) is 14.3 Å². The number of ether oxygens (including phenoxy) is 1. The fourth-order valence-electron chi connectivity index (χ4n) is 2.62. The molecule has 3 rings (SSSR count). The van der Waals surface area contributed by atoms with Crippen molar-refractivity contribution in [2.45, 2.75) is 20.0 Å². The molecule has 0 saturated carbocycles. The van der Waals surface area contributed by atoms with Crippen LogP contribution in [0, 0.1) is 6.92 Å². The van der Waals surface area contributed by atoms with Gasteiger partial charge in [-0.15, -0.1) is 11.3 Å². The van der Waals surface area contributed by atoms with E-state index in [1.165, 1.54) is 10.4 Å². The number of nitrogens with zero attached hydrogens (tertiary/aromatic N) is 3. The molecule has 0 aliphatic carbocycles. The molecule has 3 aromatic heterocycles. The maximum absolute atomic E-state index is 12.2. The first kappa shape index (κ1) is 16.8. The van der Waals surface area contributed by atoms with Crippen molar-refractivity contribution >= 4 is 17.0 Å². The average molecular weight is 343 g/mol. The molecule has 0 radical (unpaired) electrons. The van der Waals surface area contributed by atoms with Crippen LogP contribution in [-0.4, -0.2) is 34.5 Å². The van der Waals surface area contributed by atoms with Crippen LogP contribution in [0.3, 0.4) is 0 Å². The molecule has 0 N–H and O–H groups in total. The minimum Gasteiger partial charge on any atom is -0.383 e. The van der Waals surface area contributed by atoms with Gasteiger partial charge in [-0.05, 0) is 36.1 Å². The van der Waals surface area contributed by atoms with Gasteiger partial charge in [-0.25, -0.2) is 4.98 Å². The molecule has 5 nitrogen and oxygen atoms in total. The summed E-state index contributed by atoms with van der Waals surface area (Å²) in [5.41, 5.74) is 2.72. The molecule has 0 atom stereocenters. The standard InChI is InChI=1S/C18H21N3O2S/c1-14-6-10-24-16(14)13-20(8-9-23-2)12-15-11-18(22)21-7-4-3-5-17(21)19-15/h3-7,10-11H,8-9,12-13H2,1-2H3. The summed E-state index contributed by atoms with van der Waals surface area (Å²) >= 11 is 1.76. The highest BCUT2D eigenvalue weighted by molar-refractivity contribution is 7.10. The molecule has 0 aromatic carbocycles. The Kier molecular flexibility index (Phi) is 5.40. The zero-order valence-electron chi connectivity index (χ0n) is 13.9. The van der Waals surface area contributed by atoms with Crippen LogP contribution in [-0.2, 0) is 17.8 Å². The molecule has 24 heavy (non-hydrogen) atoms. The molecule has 0 bridgehead atoms.